The Bertz CT molecular complexity index is 1060. The monoisotopic (exact) mass is 482 g/mol. The highest BCUT2D eigenvalue weighted by molar-refractivity contribution is 5.88. The molecule has 186 valence electrons. The third-order valence-corrected chi connectivity index (χ3v) is 6.73. The van der Waals surface area contributed by atoms with Gasteiger partial charge in [0.2, 0.25) is 5.91 Å². The average Bonchev–Trinajstić information content (AvgIpc) is 3.41. The molecule has 2 unspecified atom stereocenters. The van der Waals surface area contributed by atoms with Crippen LogP contribution >= 0.6 is 0 Å². The fourth-order valence-corrected chi connectivity index (χ4v) is 4.85. The maximum atomic E-state index is 13.1. The second-order valence-corrected chi connectivity index (χ2v) is 9.00. The summed E-state index contributed by atoms with van der Waals surface area (Å²) in [5, 5.41) is 22.1. The number of β-amino-alcohol motifs (C(OH)–C–C–N with tert-alkyl or cyclic N) is 1. The van der Waals surface area contributed by atoms with E-state index in [0.29, 0.717) is 19.4 Å². The standard InChI is InChI=1S/C26H30N2O7/c1-34-14-6-11-22(23(29)28-13-12-26(33,16-28)24(30)31)27-25(32)35-15-21-19-9-4-2-7-17(19)18-8-3-5-10-20(18)21/h2-5,7-10,21-22,33H,6,11-16H2,1H3,(H,27,32)(H,30,31). The van der Waals surface area contributed by atoms with Gasteiger partial charge in [0.05, 0.1) is 6.54 Å². The van der Waals surface area contributed by atoms with Gasteiger partial charge in [0.1, 0.15) is 12.6 Å². The van der Waals surface area contributed by atoms with E-state index >= 15 is 0 Å². The summed E-state index contributed by atoms with van der Waals surface area (Å²) >= 11 is 0. The molecule has 9 heteroatoms. The van der Waals surface area contributed by atoms with Crippen molar-refractivity contribution in [2.24, 2.45) is 0 Å². The Kier molecular flexibility index (Phi) is 7.37. The van der Waals surface area contributed by atoms with Crippen LogP contribution < -0.4 is 5.32 Å². The first-order valence-corrected chi connectivity index (χ1v) is 11.7. The Labute approximate surface area is 203 Å². The second-order valence-electron chi connectivity index (χ2n) is 9.00. The Hall–Kier alpha value is -3.43. The molecule has 35 heavy (non-hydrogen) atoms. The van der Waals surface area contributed by atoms with Gasteiger partial charge < -0.3 is 29.9 Å². The number of aliphatic hydroxyl groups is 1. The quantitative estimate of drug-likeness (QED) is 0.469. The van der Waals surface area contributed by atoms with Crippen molar-refractivity contribution in [3.8, 4) is 11.1 Å². The summed E-state index contributed by atoms with van der Waals surface area (Å²) < 4.78 is 10.6. The highest BCUT2D eigenvalue weighted by Crippen LogP contribution is 2.44. The number of likely N-dealkylation sites (tertiary alicyclic amines) is 1. The van der Waals surface area contributed by atoms with Gasteiger partial charge in [-0.1, -0.05) is 48.5 Å². The van der Waals surface area contributed by atoms with Crippen molar-refractivity contribution in [1.82, 2.24) is 10.2 Å². The van der Waals surface area contributed by atoms with Crippen LogP contribution in [0.25, 0.3) is 11.1 Å². The number of nitrogens with one attached hydrogen (secondary N) is 1. The molecule has 1 saturated heterocycles. The number of aliphatic carboxylic acids is 1. The lowest BCUT2D eigenvalue weighted by Crippen LogP contribution is -2.50. The molecule has 3 N–H and O–H groups in total. The number of methoxy groups -OCH3 is 1. The topological polar surface area (TPSA) is 125 Å². The van der Waals surface area contributed by atoms with Crippen molar-refractivity contribution >= 4 is 18.0 Å². The second kappa shape index (κ2) is 10.5. The number of carbonyl (C=O) groups excluding carboxylic acids is 2. The van der Waals surface area contributed by atoms with Crippen LogP contribution in [0, 0.1) is 0 Å². The van der Waals surface area contributed by atoms with Gasteiger partial charge in [-0.2, -0.15) is 0 Å². The first-order valence-electron chi connectivity index (χ1n) is 11.7. The lowest BCUT2D eigenvalue weighted by molar-refractivity contribution is -0.157. The fraction of sp³-hybridized carbons (Fsp3) is 0.423. The largest absolute Gasteiger partial charge is 0.479 e. The first-order chi connectivity index (χ1) is 16.8. The van der Waals surface area contributed by atoms with Crippen LogP contribution in [0.5, 0.6) is 0 Å². The molecule has 1 aliphatic heterocycles. The Balaban J connectivity index is 1.41. The SMILES string of the molecule is COCCCC(NC(=O)OCC1c2ccccc2-c2ccccc21)C(=O)N1CCC(O)(C(=O)O)C1. The number of rotatable bonds is 9. The molecule has 2 aromatic rings. The maximum absolute atomic E-state index is 13.1. The van der Waals surface area contributed by atoms with E-state index in [4.69, 9.17) is 9.47 Å². The van der Waals surface area contributed by atoms with Crippen molar-refractivity contribution in [2.45, 2.75) is 36.8 Å². The summed E-state index contributed by atoms with van der Waals surface area (Å²) in [6.45, 7) is 0.277. The predicted molar refractivity (Wildman–Crippen MR) is 127 cm³/mol. The number of hydrogen-bond donors (Lipinski definition) is 3. The van der Waals surface area contributed by atoms with Gasteiger partial charge in [0.25, 0.3) is 0 Å². The normalized spacial score (nSPS) is 19.7. The molecular formula is C26H30N2O7. The number of alkyl carbamates (subject to hydrolysis) is 1. The summed E-state index contributed by atoms with van der Waals surface area (Å²) in [6, 6.07) is 15.1. The lowest BCUT2D eigenvalue weighted by atomic mass is 9.98. The van der Waals surface area contributed by atoms with Gasteiger partial charge in [0, 0.05) is 32.6 Å². The molecule has 0 saturated carbocycles. The van der Waals surface area contributed by atoms with E-state index in [9.17, 15) is 24.6 Å². The molecule has 9 nitrogen and oxygen atoms in total. The van der Waals surface area contributed by atoms with Crippen LogP contribution in [0.15, 0.2) is 48.5 Å². The zero-order chi connectivity index (χ0) is 25.0. The molecule has 1 aliphatic carbocycles. The van der Waals surface area contributed by atoms with E-state index in [1.54, 1.807) is 7.11 Å². The van der Waals surface area contributed by atoms with E-state index < -0.39 is 29.6 Å². The predicted octanol–water partition coefficient (Wildman–Crippen LogP) is 2.37. The van der Waals surface area contributed by atoms with E-state index in [0.717, 1.165) is 22.3 Å². The fourth-order valence-electron chi connectivity index (χ4n) is 4.85. The minimum atomic E-state index is -1.98. The van der Waals surface area contributed by atoms with E-state index in [1.807, 2.05) is 48.5 Å². The van der Waals surface area contributed by atoms with Gasteiger partial charge in [0.15, 0.2) is 5.60 Å². The summed E-state index contributed by atoms with van der Waals surface area (Å²) in [5.41, 5.74) is 2.42. The molecule has 0 radical (unpaired) electrons. The number of hydrogen-bond acceptors (Lipinski definition) is 6. The maximum Gasteiger partial charge on any atom is 0.407 e. The Morgan fingerprint density at radius 2 is 1.74 bits per heavy atom. The third kappa shape index (κ3) is 5.16. The summed E-state index contributed by atoms with van der Waals surface area (Å²) in [5.74, 6) is -1.93. The highest BCUT2D eigenvalue weighted by Gasteiger charge is 2.45. The molecule has 4 rings (SSSR count). The number of ether oxygens (including phenoxy) is 2. The van der Waals surface area contributed by atoms with Crippen LogP contribution in [0.4, 0.5) is 4.79 Å². The van der Waals surface area contributed by atoms with Crippen molar-refractivity contribution in [2.75, 3.05) is 33.4 Å². The van der Waals surface area contributed by atoms with Crippen LogP contribution in [0.3, 0.4) is 0 Å². The first kappa shape index (κ1) is 24.7. The molecule has 0 spiro atoms. The van der Waals surface area contributed by atoms with Gasteiger partial charge in [-0.05, 0) is 35.1 Å². The number of amides is 2. The Morgan fingerprint density at radius 3 is 2.31 bits per heavy atom. The molecule has 2 aromatic carbocycles. The molecule has 2 atom stereocenters. The average molecular weight is 483 g/mol. The minimum absolute atomic E-state index is 0.0657. The molecule has 0 bridgehead atoms. The molecule has 0 aromatic heterocycles. The van der Waals surface area contributed by atoms with Crippen LogP contribution in [0.1, 0.15) is 36.3 Å². The van der Waals surface area contributed by atoms with Gasteiger partial charge in [-0.15, -0.1) is 0 Å². The van der Waals surface area contributed by atoms with E-state index in [1.165, 1.54) is 4.90 Å². The molecule has 2 amide bonds. The van der Waals surface area contributed by atoms with Crippen LogP contribution in [-0.2, 0) is 19.1 Å². The zero-order valence-electron chi connectivity index (χ0n) is 19.6. The third-order valence-electron chi connectivity index (χ3n) is 6.73. The number of carboxylic acids is 1. The van der Waals surface area contributed by atoms with Crippen molar-refractivity contribution < 1.29 is 34.1 Å². The summed E-state index contributed by atoms with van der Waals surface area (Å²) in [6.07, 6.45) is 0.00587. The minimum Gasteiger partial charge on any atom is -0.479 e. The van der Waals surface area contributed by atoms with Crippen molar-refractivity contribution in [3.63, 3.8) is 0 Å². The van der Waals surface area contributed by atoms with E-state index in [-0.39, 0.29) is 32.0 Å². The Morgan fingerprint density at radius 1 is 1.11 bits per heavy atom. The van der Waals surface area contributed by atoms with Gasteiger partial charge >= 0.3 is 12.1 Å². The molecule has 2 aliphatic rings. The zero-order valence-corrected chi connectivity index (χ0v) is 19.6. The lowest BCUT2D eigenvalue weighted by Gasteiger charge is -2.25. The number of benzene rings is 2. The summed E-state index contributed by atoms with van der Waals surface area (Å²) in [4.78, 5) is 38.4. The van der Waals surface area contributed by atoms with Crippen LogP contribution in [0.2, 0.25) is 0 Å². The van der Waals surface area contributed by atoms with Crippen molar-refractivity contribution in [1.29, 1.82) is 0 Å². The number of nitrogens with zero attached hydrogens (tertiary/aromatic N) is 1. The smallest absolute Gasteiger partial charge is 0.407 e. The number of carbonyl (C=O) groups is 3. The highest BCUT2D eigenvalue weighted by atomic mass is 16.5. The van der Waals surface area contributed by atoms with Crippen molar-refractivity contribution in [3.05, 3.63) is 59.7 Å². The molecular weight excluding hydrogens is 452 g/mol. The molecule has 1 heterocycles. The molecule has 1 fully saturated rings. The summed E-state index contributed by atoms with van der Waals surface area (Å²) in [7, 11) is 1.54. The van der Waals surface area contributed by atoms with Gasteiger partial charge in [-0.3, -0.25) is 4.79 Å². The number of fused-ring (bicyclic) bond motifs is 3. The van der Waals surface area contributed by atoms with Gasteiger partial charge in [-0.25, -0.2) is 9.59 Å². The van der Waals surface area contributed by atoms with Crippen LogP contribution in [-0.4, -0.2) is 78.1 Å². The van der Waals surface area contributed by atoms with E-state index in [2.05, 4.69) is 5.32 Å². The number of carboxylic acid groups (broad SMARTS) is 1.